The predicted molar refractivity (Wildman–Crippen MR) is 165 cm³/mol. The summed E-state index contributed by atoms with van der Waals surface area (Å²) in [6, 6.07) is 12.2. The smallest absolute Gasteiger partial charge is 0.303 e. The molecular formula is C33H41FN4O3. The Hall–Kier alpha value is -3.62. The third kappa shape index (κ3) is 8.68. The van der Waals surface area contributed by atoms with Crippen molar-refractivity contribution in [2.24, 2.45) is 9.98 Å². The summed E-state index contributed by atoms with van der Waals surface area (Å²) in [6.45, 7) is 9.28. The summed E-state index contributed by atoms with van der Waals surface area (Å²) in [5.41, 5.74) is 7.52. The van der Waals surface area contributed by atoms with E-state index in [2.05, 4.69) is 46.8 Å². The highest BCUT2D eigenvalue weighted by atomic mass is 19.1. The number of benzene rings is 2. The minimum absolute atomic E-state index is 0.142. The number of hydrogen-bond acceptors (Lipinski definition) is 6. The van der Waals surface area contributed by atoms with Gasteiger partial charge in [0.05, 0.1) is 11.4 Å². The summed E-state index contributed by atoms with van der Waals surface area (Å²) < 4.78 is 13.5. The zero-order valence-electron chi connectivity index (χ0n) is 24.3. The molecular weight excluding hydrogens is 519 g/mol. The molecule has 8 heteroatoms. The van der Waals surface area contributed by atoms with Gasteiger partial charge in [-0.15, -0.1) is 0 Å². The molecule has 0 bridgehead atoms. The Labute approximate surface area is 242 Å². The number of aliphatic carboxylic acids is 1. The van der Waals surface area contributed by atoms with E-state index in [1.165, 1.54) is 22.9 Å². The fourth-order valence-corrected chi connectivity index (χ4v) is 5.25. The SMILES string of the molecule is CC(CCCCC(=O)O)=Nc1cc(C(O)N2CCN(c3ccc(C)cc3C)CC2)ccc1N=CC1=CCC(F)C=C1. The summed E-state index contributed by atoms with van der Waals surface area (Å²) in [6.07, 6.45) is 7.53. The largest absolute Gasteiger partial charge is 0.481 e. The standard InChI is InChI=1S/C33H41FN4O3/c1-23-8-15-31(24(2)20-23)37-16-18-38(19-17-37)33(41)27-11-14-29(35-22-26-9-12-28(34)13-10-26)30(21-27)36-25(3)6-4-5-7-32(39)40/h8-12,14-15,20-22,28,33,41H,4-7,13,16-19H2,1-3H3,(H,39,40). The van der Waals surface area contributed by atoms with Crippen LogP contribution in [0.15, 0.2) is 70.2 Å². The van der Waals surface area contributed by atoms with Gasteiger partial charge in [0.25, 0.3) is 0 Å². The third-order valence-electron chi connectivity index (χ3n) is 7.57. The van der Waals surface area contributed by atoms with Crippen LogP contribution in [0.3, 0.4) is 0 Å². The minimum Gasteiger partial charge on any atom is -0.481 e. The summed E-state index contributed by atoms with van der Waals surface area (Å²) in [4.78, 5) is 24.8. The second-order valence-corrected chi connectivity index (χ2v) is 11.0. The van der Waals surface area contributed by atoms with E-state index in [4.69, 9.17) is 10.1 Å². The molecule has 7 nitrogen and oxygen atoms in total. The zero-order chi connectivity index (χ0) is 29.4. The number of piperazine rings is 1. The molecule has 2 atom stereocenters. The molecule has 1 aliphatic carbocycles. The molecule has 1 aliphatic heterocycles. The minimum atomic E-state index is -0.959. The lowest BCUT2D eigenvalue weighted by molar-refractivity contribution is -0.137. The number of halogens is 1. The monoisotopic (exact) mass is 560 g/mol. The van der Waals surface area contributed by atoms with E-state index in [-0.39, 0.29) is 6.42 Å². The molecule has 0 aromatic heterocycles. The molecule has 2 aromatic carbocycles. The number of carboxylic acids is 1. The number of aliphatic hydroxyl groups excluding tert-OH is 1. The van der Waals surface area contributed by atoms with Gasteiger partial charge >= 0.3 is 5.97 Å². The van der Waals surface area contributed by atoms with Crippen molar-refractivity contribution in [2.45, 2.75) is 65.3 Å². The Kier molecular flexibility index (Phi) is 10.6. The van der Waals surface area contributed by atoms with Crippen molar-refractivity contribution in [1.29, 1.82) is 0 Å². The number of aliphatic imine (C=N–C) groups is 2. The van der Waals surface area contributed by atoms with Crippen LogP contribution < -0.4 is 4.90 Å². The number of allylic oxidation sites excluding steroid dienone is 4. The molecule has 2 N–H and O–H groups in total. The van der Waals surface area contributed by atoms with Gasteiger partial charge in [0.2, 0.25) is 0 Å². The van der Waals surface area contributed by atoms with Crippen LogP contribution in [0.2, 0.25) is 0 Å². The van der Waals surface area contributed by atoms with Crippen molar-refractivity contribution in [3.05, 3.63) is 76.9 Å². The van der Waals surface area contributed by atoms with Gasteiger partial charge in [-0.1, -0.05) is 35.9 Å². The molecule has 2 aromatic rings. The number of carbonyl (C=O) groups is 1. The average molecular weight is 561 g/mol. The fraction of sp³-hybridized carbons (Fsp3) is 0.424. The van der Waals surface area contributed by atoms with Crippen molar-refractivity contribution in [2.75, 3.05) is 31.1 Å². The zero-order valence-corrected chi connectivity index (χ0v) is 24.3. The summed E-state index contributed by atoms with van der Waals surface area (Å²) in [5.74, 6) is -0.794. The maximum atomic E-state index is 13.5. The number of unbranched alkanes of at least 4 members (excludes halogenated alkanes) is 1. The van der Waals surface area contributed by atoms with E-state index in [0.717, 1.165) is 49.4 Å². The number of anilines is 1. The highest BCUT2D eigenvalue weighted by Gasteiger charge is 2.25. The molecule has 218 valence electrons. The van der Waals surface area contributed by atoms with E-state index in [9.17, 15) is 14.3 Å². The van der Waals surface area contributed by atoms with Crippen LogP contribution >= 0.6 is 0 Å². The van der Waals surface area contributed by atoms with Crippen molar-refractivity contribution < 1.29 is 19.4 Å². The number of aryl methyl sites for hydroxylation is 2. The number of nitrogens with zero attached hydrogens (tertiary/aromatic N) is 4. The molecule has 0 saturated carbocycles. The van der Waals surface area contributed by atoms with E-state index >= 15 is 0 Å². The molecule has 1 heterocycles. The Morgan fingerprint density at radius 1 is 1.07 bits per heavy atom. The summed E-state index contributed by atoms with van der Waals surface area (Å²) >= 11 is 0. The van der Waals surface area contributed by atoms with Crippen molar-refractivity contribution >= 4 is 35.0 Å². The van der Waals surface area contributed by atoms with Gasteiger partial charge in [-0.3, -0.25) is 19.7 Å². The van der Waals surface area contributed by atoms with E-state index in [1.54, 1.807) is 12.3 Å². The van der Waals surface area contributed by atoms with E-state index in [0.29, 0.717) is 30.6 Å². The average Bonchev–Trinajstić information content (AvgIpc) is 2.95. The lowest BCUT2D eigenvalue weighted by Gasteiger charge is -2.39. The molecule has 4 rings (SSSR count). The highest BCUT2D eigenvalue weighted by Crippen LogP contribution is 2.34. The molecule has 0 spiro atoms. The van der Waals surface area contributed by atoms with E-state index in [1.807, 2.05) is 31.2 Å². The van der Waals surface area contributed by atoms with Gasteiger partial charge in [0.15, 0.2) is 0 Å². The maximum absolute atomic E-state index is 13.5. The Balaban J connectivity index is 1.49. The second-order valence-electron chi connectivity index (χ2n) is 11.0. The van der Waals surface area contributed by atoms with Gasteiger partial charge in [-0.2, -0.15) is 0 Å². The predicted octanol–water partition coefficient (Wildman–Crippen LogP) is 6.78. The number of hydrogen-bond donors (Lipinski definition) is 2. The Morgan fingerprint density at radius 3 is 2.51 bits per heavy atom. The topological polar surface area (TPSA) is 88.7 Å². The Bertz CT molecular complexity index is 1340. The normalized spacial score (nSPS) is 19.0. The fourth-order valence-electron chi connectivity index (χ4n) is 5.25. The number of aliphatic hydroxyl groups is 1. The van der Waals surface area contributed by atoms with Crippen molar-refractivity contribution in [3.63, 3.8) is 0 Å². The van der Waals surface area contributed by atoms with Crippen LogP contribution in [-0.2, 0) is 4.79 Å². The first-order chi connectivity index (χ1) is 19.7. The van der Waals surface area contributed by atoms with Crippen LogP contribution in [0.5, 0.6) is 0 Å². The van der Waals surface area contributed by atoms with Crippen LogP contribution in [0, 0.1) is 13.8 Å². The first kappa shape index (κ1) is 30.3. The van der Waals surface area contributed by atoms with Gasteiger partial charge < -0.3 is 15.1 Å². The summed E-state index contributed by atoms with van der Waals surface area (Å²) in [5, 5.41) is 20.2. The molecule has 1 fully saturated rings. The lowest BCUT2D eigenvalue weighted by atomic mass is 10.1. The van der Waals surface area contributed by atoms with Gasteiger partial charge in [0.1, 0.15) is 12.4 Å². The summed E-state index contributed by atoms with van der Waals surface area (Å²) in [7, 11) is 0. The van der Waals surface area contributed by atoms with Crippen LogP contribution in [0.1, 0.15) is 61.9 Å². The maximum Gasteiger partial charge on any atom is 0.303 e. The van der Waals surface area contributed by atoms with Crippen LogP contribution in [-0.4, -0.2) is 65.4 Å². The van der Waals surface area contributed by atoms with Crippen LogP contribution in [0.4, 0.5) is 21.5 Å². The number of rotatable bonds is 11. The third-order valence-corrected chi connectivity index (χ3v) is 7.57. The first-order valence-electron chi connectivity index (χ1n) is 14.4. The quantitative estimate of drug-likeness (QED) is 0.234. The van der Waals surface area contributed by atoms with Crippen molar-refractivity contribution in [3.8, 4) is 0 Å². The van der Waals surface area contributed by atoms with Gasteiger partial charge in [-0.05, 0) is 81.0 Å². The van der Waals surface area contributed by atoms with Crippen LogP contribution in [0.25, 0.3) is 0 Å². The van der Waals surface area contributed by atoms with E-state index < -0.39 is 18.4 Å². The molecule has 2 aliphatic rings. The van der Waals surface area contributed by atoms with Gasteiger partial charge in [0, 0.05) is 56.6 Å². The Morgan fingerprint density at radius 2 is 1.83 bits per heavy atom. The van der Waals surface area contributed by atoms with Crippen molar-refractivity contribution in [1.82, 2.24) is 4.90 Å². The molecule has 0 radical (unpaired) electrons. The number of alkyl halides is 1. The molecule has 1 saturated heterocycles. The highest BCUT2D eigenvalue weighted by molar-refractivity contribution is 5.89. The van der Waals surface area contributed by atoms with Gasteiger partial charge in [-0.25, -0.2) is 4.39 Å². The molecule has 0 amide bonds. The molecule has 41 heavy (non-hydrogen) atoms. The lowest BCUT2D eigenvalue weighted by Crippen LogP contribution is -2.47. The second kappa shape index (κ2) is 14.3. The number of carboxylic acid groups (broad SMARTS) is 1. The first-order valence-corrected chi connectivity index (χ1v) is 14.4. The molecule has 2 unspecified atom stereocenters.